The Hall–Kier alpha value is -1.51. The molecule has 0 amide bonds. The third kappa shape index (κ3) is 2.43. The van der Waals surface area contributed by atoms with Crippen LogP contribution in [0, 0.1) is 18.6 Å². The van der Waals surface area contributed by atoms with Gasteiger partial charge in [0, 0.05) is 6.07 Å². The maximum atomic E-state index is 13.5. The van der Waals surface area contributed by atoms with Crippen LogP contribution in [0.15, 0.2) is 23.8 Å². The largest absolute Gasteiger partial charge is 0.289 e. The van der Waals surface area contributed by atoms with Crippen LogP contribution in [0.2, 0.25) is 0 Å². The van der Waals surface area contributed by atoms with E-state index in [0.29, 0.717) is 17.6 Å². The zero-order valence-corrected chi connectivity index (χ0v) is 9.72. The predicted molar refractivity (Wildman–Crippen MR) is 62.0 cm³/mol. The first-order chi connectivity index (χ1) is 8.09. The van der Waals surface area contributed by atoms with Gasteiger partial charge >= 0.3 is 0 Å². The van der Waals surface area contributed by atoms with Gasteiger partial charge in [0.05, 0.1) is 5.56 Å². The molecule has 0 radical (unpaired) electrons. The van der Waals surface area contributed by atoms with Gasteiger partial charge in [-0.2, -0.15) is 0 Å². The fourth-order valence-electron chi connectivity index (χ4n) is 2.05. The van der Waals surface area contributed by atoms with Crippen LogP contribution >= 0.6 is 0 Å². The highest BCUT2D eigenvalue weighted by molar-refractivity contribution is 6.09. The van der Waals surface area contributed by atoms with E-state index in [2.05, 4.69) is 0 Å². The van der Waals surface area contributed by atoms with Gasteiger partial charge in [-0.05, 0) is 49.8 Å². The summed E-state index contributed by atoms with van der Waals surface area (Å²) in [4.78, 5) is 12.1. The second-order valence-corrected chi connectivity index (χ2v) is 4.39. The number of carbonyl (C=O) groups excluding carboxylic acids is 1. The van der Waals surface area contributed by atoms with Gasteiger partial charge in [-0.1, -0.05) is 6.08 Å². The molecule has 0 heterocycles. The number of ketones is 1. The summed E-state index contributed by atoms with van der Waals surface area (Å²) in [5.74, 6) is -1.69. The molecule has 0 saturated heterocycles. The second-order valence-electron chi connectivity index (χ2n) is 4.39. The van der Waals surface area contributed by atoms with Gasteiger partial charge in [0.2, 0.25) is 0 Å². The van der Waals surface area contributed by atoms with Crippen molar-refractivity contribution in [1.82, 2.24) is 0 Å². The van der Waals surface area contributed by atoms with Crippen molar-refractivity contribution < 1.29 is 13.6 Å². The summed E-state index contributed by atoms with van der Waals surface area (Å²) in [7, 11) is 0. The van der Waals surface area contributed by atoms with E-state index in [9.17, 15) is 13.6 Å². The summed E-state index contributed by atoms with van der Waals surface area (Å²) in [6.45, 7) is 1.53. The van der Waals surface area contributed by atoms with E-state index < -0.39 is 11.6 Å². The lowest BCUT2D eigenvalue weighted by molar-refractivity contribution is 0.102. The third-order valence-electron chi connectivity index (χ3n) is 3.08. The highest BCUT2D eigenvalue weighted by atomic mass is 19.1. The Morgan fingerprint density at radius 2 is 1.94 bits per heavy atom. The van der Waals surface area contributed by atoms with E-state index >= 15 is 0 Å². The van der Waals surface area contributed by atoms with Gasteiger partial charge in [0.15, 0.2) is 5.78 Å². The Kier molecular flexibility index (Phi) is 3.36. The van der Waals surface area contributed by atoms with Gasteiger partial charge in [-0.15, -0.1) is 0 Å². The molecular formula is C14H14F2O. The maximum Gasteiger partial charge on any atom is 0.191 e. The van der Waals surface area contributed by atoms with Crippen molar-refractivity contribution in [3.8, 4) is 0 Å². The van der Waals surface area contributed by atoms with Crippen LogP contribution in [-0.4, -0.2) is 5.78 Å². The molecular weight excluding hydrogens is 222 g/mol. The van der Waals surface area contributed by atoms with Crippen LogP contribution < -0.4 is 0 Å². The molecule has 17 heavy (non-hydrogen) atoms. The van der Waals surface area contributed by atoms with E-state index in [0.717, 1.165) is 25.3 Å². The van der Waals surface area contributed by atoms with E-state index in [1.807, 2.05) is 6.08 Å². The zero-order valence-electron chi connectivity index (χ0n) is 9.72. The smallest absolute Gasteiger partial charge is 0.191 e. The molecule has 0 bridgehead atoms. The van der Waals surface area contributed by atoms with Crippen molar-refractivity contribution in [2.24, 2.45) is 0 Å². The average Bonchev–Trinajstić information content (AvgIpc) is 2.34. The van der Waals surface area contributed by atoms with Crippen LogP contribution in [0.25, 0.3) is 0 Å². The van der Waals surface area contributed by atoms with Crippen LogP contribution in [0.3, 0.4) is 0 Å². The molecule has 0 saturated carbocycles. The van der Waals surface area contributed by atoms with Gasteiger partial charge < -0.3 is 0 Å². The summed E-state index contributed by atoms with van der Waals surface area (Å²) in [5.41, 5.74) is 0.935. The molecule has 90 valence electrons. The minimum absolute atomic E-state index is 0.0166. The number of hydrogen-bond acceptors (Lipinski definition) is 1. The number of Topliss-reactive ketones (excluding diaryl/α,β-unsaturated/α-hetero) is 1. The summed E-state index contributed by atoms with van der Waals surface area (Å²) >= 11 is 0. The molecule has 0 spiro atoms. The van der Waals surface area contributed by atoms with Gasteiger partial charge in [0.1, 0.15) is 11.6 Å². The molecule has 1 nitrogen and oxygen atoms in total. The van der Waals surface area contributed by atoms with E-state index in [1.165, 1.54) is 13.0 Å². The van der Waals surface area contributed by atoms with Crippen LogP contribution in [-0.2, 0) is 0 Å². The molecule has 0 unspecified atom stereocenters. The first-order valence-electron chi connectivity index (χ1n) is 5.79. The second kappa shape index (κ2) is 4.78. The topological polar surface area (TPSA) is 17.1 Å². The number of hydrogen-bond donors (Lipinski definition) is 0. The quantitative estimate of drug-likeness (QED) is 0.710. The molecule has 1 aromatic carbocycles. The van der Waals surface area contributed by atoms with Crippen molar-refractivity contribution >= 4 is 5.78 Å². The van der Waals surface area contributed by atoms with Crippen LogP contribution in [0.4, 0.5) is 8.78 Å². The molecule has 1 aromatic rings. The SMILES string of the molecule is Cc1cc(C(=O)C2=CCCCC2)c(F)cc1F. The zero-order chi connectivity index (χ0) is 12.4. The first kappa shape index (κ1) is 12.0. The average molecular weight is 236 g/mol. The fourth-order valence-corrected chi connectivity index (χ4v) is 2.05. The number of aryl methyl sites for hydroxylation is 1. The molecule has 1 aliphatic rings. The Morgan fingerprint density at radius 1 is 1.18 bits per heavy atom. The number of benzene rings is 1. The van der Waals surface area contributed by atoms with Crippen LogP contribution in [0.1, 0.15) is 41.6 Å². The highest BCUT2D eigenvalue weighted by Crippen LogP contribution is 2.23. The molecule has 0 aliphatic heterocycles. The highest BCUT2D eigenvalue weighted by Gasteiger charge is 2.19. The summed E-state index contributed by atoms with van der Waals surface area (Å²) in [6.07, 6.45) is 5.45. The van der Waals surface area contributed by atoms with Crippen molar-refractivity contribution in [2.75, 3.05) is 0 Å². The normalized spacial score (nSPS) is 15.6. The Bertz CT molecular complexity index is 489. The lowest BCUT2D eigenvalue weighted by Crippen LogP contribution is -2.09. The van der Waals surface area contributed by atoms with Gasteiger partial charge in [-0.25, -0.2) is 8.78 Å². The molecule has 0 aromatic heterocycles. The summed E-state index contributed by atoms with van der Waals surface area (Å²) < 4.78 is 26.6. The van der Waals surface area contributed by atoms with Gasteiger partial charge in [-0.3, -0.25) is 4.79 Å². The summed E-state index contributed by atoms with van der Waals surface area (Å²) in [5, 5.41) is 0. The lowest BCUT2D eigenvalue weighted by Gasteiger charge is -2.12. The molecule has 0 N–H and O–H groups in total. The van der Waals surface area contributed by atoms with Crippen LogP contribution in [0.5, 0.6) is 0 Å². The maximum absolute atomic E-state index is 13.5. The third-order valence-corrected chi connectivity index (χ3v) is 3.08. The van der Waals surface area contributed by atoms with E-state index in [-0.39, 0.29) is 11.3 Å². The fraction of sp³-hybridized carbons (Fsp3) is 0.357. The number of halogens is 2. The van der Waals surface area contributed by atoms with Crippen molar-refractivity contribution in [2.45, 2.75) is 32.6 Å². The Balaban J connectivity index is 2.37. The van der Waals surface area contributed by atoms with Gasteiger partial charge in [0.25, 0.3) is 0 Å². The molecule has 3 heteroatoms. The van der Waals surface area contributed by atoms with Crippen molar-refractivity contribution in [3.63, 3.8) is 0 Å². The minimum atomic E-state index is -0.774. The van der Waals surface area contributed by atoms with E-state index in [1.54, 1.807) is 0 Å². The molecule has 0 atom stereocenters. The van der Waals surface area contributed by atoms with E-state index in [4.69, 9.17) is 0 Å². The number of allylic oxidation sites excluding steroid dienone is 2. The lowest BCUT2D eigenvalue weighted by atomic mass is 9.92. The van der Waals surface area contributed by atoms with Crippen molar-refractivity contribution in [1.29, 1.82) is 0 Å². The molecule has 0 fully saturated rings. The standard InChI is InChI=1S/C14H14F2O/c1-9-7-11(13(16)8-12(9)15)14(17)10-5-3-2-4-6-10/h5,7-8H,2-4,6H2,1H3. The molecule has 2 rings (SSSR count). The first-order valence-corrected chi connectivity index (χ1v) is 5.79. The number of carbonyl (C=O) groups is 1. The predicted octanol–water partition coefficient (Wildman–Crippen LogP) is 3.96. The van der Waals surface area contributed by atoms with Crippen molar-refractivity contribution in [3.05, 3.63) is 46.5 Å². The Morgan fingerprint density at radius 3 is 2.59 bits per heavy atom. The number of rotatable bonds is 2. The summed E-state index contributed by atoms with van der Waals surface area (Å²) in [6, 6.07) is 2.08. The monoisotopic (exact) mass is 236 g/mol. The Labute approximate surface area is 99.1 Å². The molecule has 1 aliphatic carbocycles. The minimum Gasteiger partial charge on any atom is -0.289 e.